The Morgan fingerprint density at radius 2 is 1.89 bits per heavy atom. The minimum atomic E-state index is -0.285. The van der Waals surface area contributed by atoms with Crippen LogP contribution in [0.2, 0.25) is 5.02 Å². The zero-order valence-corrected chi connectivity index (χ0v) is 11.9. The zero-order valence-electron chi connectivity index (χ0n) is 10.3. The summed E-state index contributed by atoms with van der Waals surface area (Å²) in [7, 11) is 0. The van der Waals surface area contributed by atoms with Crippen molar-refractivity contribution < 1.29 is 9.18 Å². The molecule has 0 spiro atoms. The van der Waals surface area contributed by atoms with Crippen molar-refractivity contribution in [3.8, 4) is 0 Å². The molecule has 19 heavy (non-hydrogen) atoms. The third kappa shape index (κ3) is 3.82. The van der Waals surface area contributed by atoms with E-state index < -0.39 is 0 Å². The Bertz CT molecular complexity index is 596. The Kier molecular flexibility index (Phi) is 4.61. The number of halogens is 2. The molecule has 98 valence electrons. The molecule has 0 fully saturated rings. The van der Waals surface area contributed by atoms with E-state index in [0.29, 0.717) is 16.3 Å². The van der Waals surface area contributed by atoms with E-state index >= 15 is 0 Å². The second-order valence-electron chi connectivity index (χ2n) is 4.10. The van der Waals surface area contributed by atoms with Crippen molar-refractivity contribution in [3.05, 3.63) is 64.4 Å². The maximum atomic E-state index is 13.1. The van der Waals surface area contributed by atoms with Crippen LogP contribution >= 0.6 is 23.4 Å². The molecule has 0 aliphatic carbocycles. The number of ketones is 1. The van der Waals surface area contributed by atoms with Gasteiger partial charge in [-0.25, -0.2) is 4.39 Å². The number of Topliss-reactive ketones (excluding diaryl/α,β-unsaturated/α-hetero) is 1. The Morgan fingerprint density at radius 1 is 1.21 bits per heavy atom. The molecule has 1 nitrogen and oxygen atoms in total. The summed E-state index contributed by atoms with van der Waals surface area (Å²) in [6, 6.07) is 11.7. The molecule has 2 aromatic rings. The Hall–Kier alpha value is -1.32. The largest absolute Gasteiger partial charge is 0.295 e. The Morgan fingerprint density at radius 3 is 2.53 bits per heavy atom. The van der Waals surface area contributed by atoms with Crippen molar-refractivity contribution in [1.82, 2.24) is 0 Å². The summed E-state index contributed by atoms with van der Waals surface area (Å²) in [5, 5.41) is 0.564. The van der Waals surface area contributed by atoms with Crippen LogP contribution in [0.15, 0.2) is 47.4 Å². The first-order valence-electron chi connectivity index (χ1n) is 5.74. The number of benzene rings is 2. The summed E-state index contributed by atoms with van der Waals surface area (Å²) in [4.78, 5) is 12.2. The second kappa shape index (κ2) is 6.22. The van der Waals surface area contributed by atoms with E-state index in [1.165, 1.54) is 19.1 Å². The van der Waals surface area contributed by atoms with Gasteiger partial charge in [0, 0.05) is 21.2 Å². The minimum Gasteiger partial charge on any atom is -0.295 e. The van der Waals surface area contributed by atoms with Gasteiger partial charge in [-0.3, -0.25) is 4.79 Å². The van der Waals surface area contributed by atoms with Gasteiger partial charge in [0.2, 0.25) is 0 Å². The van der Waals surface area contributed by atoms with Gasteiger partial charge in [-0.1, -0.05) is 23.7 Å². The highest BCUT2D eigenvalue weighted by Gasteiger charge is 2.04. The highest BCUT2D eigenvalue weighted by molar-refractivity contribution is 7.98. The van der Waals surface area contributed by atoms with Crippen LogP contribution in [-0.4, -0.2) is 5.78 Å². The van der Waals surface area contributed by atoms with Crippen molar-refractivity contribution in [2.75, 3.05) is 0 Å². The summed E-state index contributed by atoms with van der Waals surface area (Å²) in [5.41, 5.74) is 1.45. The lowest BCUT2D eigenvalue weighted by atomic mass is 10.2. The first-order chi connectivity index (χ1) is 9.06. The zero-order chi connectivity index (χ0) is 13.8. The fraction of sp³-hybridized carbons (Fsp3) is 0.133. The molecule has 4 heteroatoms. The molecule has 0 saturated heterocycles. The topological polar surface area (TPSA) is 17.1 Å². The number of hydrogen-bond donors (Lipinski definition) is 0. The SMILES string of the molecule is CC(=O)c1ccc(SCc2cc(F)ccc2Cl)cc1. The van der Waals surface area contributed by atoms with E-state index in [4.69, 9.17) is 11.6 Å². The summed E-state index contributed by atoms with van der Waals surface area (Å²) in [6.07, 6.45) is 0. The lowest BCUT2D eigenvalue weighted by Gasteiger charge is -2.05. The third-order valence-electron chi connectivity index (χ3n) is 2.66. The fourth-order valence-corrected chi connectivity index (χ4v) is 2.75. The molecule has 0 N–H and O–H groups in total. The first-order valence-corrected chi connectivity index (χ1v) is 7.10. The predicted molar refractivity (Wildman–Crippen MR) is 77.4 cm³/mol. The van der Waals surface area contributed by atoms with Gasteiger partial charge in [-0.2, -0.15) is 0 Å². The Labute approximate surface area is 120 Å². The normalized spacial score (nSPS) is 10.5. The second-order valence-corrected chi connectivity index (χ2v) is 5.56. The molecule has 0 aliphatic rings. The summed E-state index contributed by atoms with van der Waals surface area (Å²) in [6.45, 7) is 1.54. The van der Waals surface area contributed by atoms with Gasteiger partial charge in [0.05, 0.1) is 0 Å². The van der Waals surface area contributed by atoms with E-state index in [2.05, 4.69) is 0 Å². The molecule has 0 bridgehead atoms. The van der Waals surface area contributed by atoms with E-state index in [9.17, 15) is 9.18 Å². The van der Waals surface area contributed by atoms with Crippen molar-refractivity contribution in [2.24, 2.45) is 0 Å². The van der Waals surface area contributed by atoms with Crippen molar-refractivity contribution in [1.29, 1.82) is 0 Å². The standard InChI is InChI=1S/C15H12ClFOS/c1-10(18)11-2-5-14(6-3-11)19-9-12-8-13(17)4-7-15(12)16/h2-8H,9H2,1H3. The number of thioether (sulfide) groups is 1. The van der Waals surface area contributed by atoms with Crippen molar-refractivity contribution in [3.63, 3.8) is 0 Å². The van der Waals surface area contributed by atoms with Gasteiger partial charge < -0.3 is 0 Å². The highest BCUT2D eigenvalue weighted by atomic mass is 35.5. The molecule has 0 radical (unpaired) electrons. The molecule has 0 saturated carbocycles. The van der Waals surface area contributed by atoms with Crippen LogP contribution in [-0.2, 0) is 5.75 Å². The molecular formula is C15H12ClFOS. The average Bonchev–Trinajstić information content (AvgIpc) is 2.40. The molecule has 0 heterocycles. The maximum Gasteiger partial charge on any atom is 0.159 e. The summed E-state index contributed by atoms with van der Waals surface area (Å²) in [5.74, 6) is 0.354. The predicted octanol–water partition coefficient (Wildman–Crippen LogP) is 4.97. The monoisotopic (exact) mass is 294 g/mol. The smallest absolute Gasteiger partial charge is 0.159 e. The number of hydrogen-bond acceptors (Lipinski definition) is 2. The van der Waals surface area contributed by atoms with Crippen molar-refractivity contribution >= 4 is 29.1 Å². The lowest BCUT2D eigenvalue weighted by molar-refractivity contribution is 0.101. The van der Waals surface area contributed by atoms with Gasteiger partial charge in [0.1, 0.15) is 5.82 Å². The van der Waals surface area contributed by atoms with Crippen LogP contribution in [0.4, 0.5) is 4.39 Å². The van der Waals surface area contributed by atoms with Gasteiger partial charge >= 0.3 is 0 Å². The molecule has 0 unspecified atom stereocenters. The van der Waals surface area contributed by atoms with E-state index in [1.54, 1.807) is 30.0 Å². The van der Waals surface area contributed by atoms with Crippen LogP contribution in [0.25, 0.3) is 0 Å². The quantitative estimate of drug-likeness (QED) is 0.585. The fourth-order valence-electron chi connectivity index (χ4n) is 1.60. The average molecular weight is 295 g/mol. The van der Waals surface area contributed by atoms with E-state index in [1.807, 2.05) is 12.1 Å². The molecule has 2 rings (SSSR count). The Balaban J connectivity index is 2.06. The molecule has 0 aliphatic heterocycles. The van der Waals surface area contributed by atoms with Crippen molar-refractivity contribution in [2.45, 2.75) is 17.6 Å². The summed E-state index contributed by atoms with van der Waals surface area (Å²) < 4.78 is 13.1. The highest BCUT2D eigenvalue weighted by Crippen LogP contribution is 2.27. The number of carbonyl (C=O) groups excluding carboxylic acids is 1. The molecule has 2 aromatic carbocycles. The first kappa shape index (κ1) is 14.1. The van der Waals surface area contributed by atoms with E-state index in [-0.39, 0.29) is 11.6 Å². The van der Waals surface area contributed by atoms with Gasteiger partial charge in [0.15, 0.2) is 5.78 Å². The van der Waals surface area contributed by atoms with Gasteiger partial charge in [0.25, 0.3) is 0 Å². The summed E-state index contributed by atoms with van der Waals surface area (Å²) >= 11 is 7.56. The van der Waals surface area contributed by atoms with Crippen LogP contribution in [0.1, 0.15) is 22.8 Å². The van der Waals surface area contributed by atoms with Gasteiger partial charge in [-0.05, 0) is 42.8 Å². The lowest BCUT2D eigenvalue weighted by Crippen LogP contribution is -1.90. The van der Waals surface area contributed by atoms with Gasteiger partial charge in [-0.15, -0.1) is 11.8 Å². The molecular weight excluding hydrogens is 283 g/mol. The molecule has 0 aromatic heterocycles. The van der Waals surface area contributed by atoms with E-state index in [0.717, 1.165) is 10.5 Å². The molecule has 0 atom stereocenters. The van der Waals surface area contributed by atoms with Crippen LogP contribution in [0.5, 0.6) is 0 Å². The number of rotatable bonds is 4. The van der Waals surface area contributed by atoms with Crippen LogP contribution in [0, 0.1) is 5.82 Å². The maximum absolute atomic E-state index is 13.1. The third-order valence-corrected chi connectivity index (χ3v) is 4.09. The minimum absolute atomic E-state index is 0.0460. The molecule has 0 amide bonds. The van der Waals surface area contributed by atoms with Crippen LogP contribution in [0.3, 0.4) is 0 Å². The number of carbonyl (C=O) groups is 1. The van der Waals surface area contributed by atoms with Crippen LogP contribution < -0.4 is 0 Å².